The topological polar surface area (TPSA) is 60.9 Å². The standard InChI is InChI=1S/C22H31N3O3/c1-17-9-5-6-10-18(17)22(15-19(26)24-11-7-4-8-12-24)16-20(27)25(21(22)28)14-13-23(2)3/h5-6,9-10H,4,7-8,11-16H2,1-3H3/t22-/m0/s1. The van der Waals surface area contributed by atoms with Crippen LogP contribution in [0, 0.1) is 6.92 Å². The molecular weight excluding hydrogens is 354 g/mol. The fraction of sp³-hybridized carbons (Fsp3) is 0.591. The van der Waals surface area contributed by atoms with Crippen molar-refractivity contribution in [1.29, 1.82) is 0 Å². The third kappa shape index (κ3) is 3.97. The van der Waals surface area contributed by atoms with Gasteiger partial charge in [0.1, 0.15) is 0 Å². The van der Waals surface area contributed by atoms with E-state index in [0.717, 1.165) is 43.5 Å². The van der Waals surface area contributed by atoms with E-state index in [1.165, 1.54) is 4.90 Å². The molecule has 6 heteroatoms. The highest BCUT2D eigenvalue weighted by Gasteiger charge is 2.54. The summed E-state index contributed by atoms with van der Waals surface area (Å²) < 4.78 is 0. The van der Waals surface area contributed by atoms with Crippen LogP contribution in [0.3, 0.4) is 0 Å². The van der Waals surface area contributed by atoms with E-state index in [9.17, 15) is 14.4 Å². The van der Waals surface area contributed by atoms with Crippen molar-refractivity contribution in [3.63, 3.8) is 0 Å². The minimum Gasteiger partial charge on any atom is -0.343 e. The van der Waals surface area contributed by atoms with Crippen LogP contribution in [0.15, 0.2) is 24.3 Å². The maximum atomic E-state index is 13.5. The van der Waals surface area contributed by atoms with E-state index >= 15 is 0 Å². The maximum Gasteiger partial charge on any atom is 0.240 e. The van der Waals surface area contributed by atoms with Crippen LogP contribution in [0.1, 0.15) is 43.2 Å². The normalized spacial score (nSPS) is 23.0. The first kappa shape index (κ1) is 20.5. The van der Waals surface area contributed by atoms with Gasteiger partial charge in [0.25, 0.3) is 0 Å². The Labute approximate surface area is 167 Å². The Morgan fingerprint density at radius 3 is 2.43 bits per heavy atom. The van der Waals surface area contributed by atoms with Gasteiger partial charge >= 0.3 is 0 Å². The SMILES string of the molecule is Cc1ccccc1[C@]1(CC(=O)N2CCCCC2)CC(=O)N(CCN(C)C)C1=O. The summed E-state index contributed by atoms with van der Waals surface area (Å²) in [7, 11) is 3.83. The highest BCUT2D eigenvalue weighted by Crippen LogP contribution is 2.41. The fourth-order valence-electron chi connectivity index (χ4n) is 4.39. The smallest absolute Gasteiger partial charge is 0.240 e. The van der Waals surface area contributed by atoms with Crippen LogP contribution in [-0.2, 0) is 19.8 Å². The number of aryl methyl sites for hydroxylation is 1. The number of amides is 3. The molecule has 6 nitrogen and oxygen atoms in total. The summed E-state index contributed by atoms with van der Waals surface area (Å²) in [4.78, 5) is 44.6. The van der Waals surface area contributed by atoms with E-state index in [4.69, 9.17) is 0 Å². The minimum atomic E-state index is -1.08. The zero-order chi connectivity index (χ0) is 20.3. The third-order valence-electron chi connectivity index (χ3n) is 6.00. The first-order valence-electron chi connectivity index (χ1n) is 10.2. The number of hydrogen-bond acceptors (Lipinski definition) is 4. The van der Waals surface area contributed by atoms with Crippen LogP contribution in [0.5, 0.6) is 0 Å². The molecule has 2 aliphatic heterocycles. The van der Waals surface area contributed by atoms with Gasteiger partial charge in [-0.05, 0) is 51.4 Å². The van der Waals surface area contributed by atoms with Gasteiger partial charge in [0.2, 0.25) is 17.7 Å². The largest absolute Gasteiger partial charge is 0.343 e. The Bertz CT molecular complexity index is 755. The summed E-state index contributed by atoms with van der Waals surface area (Å²) in [6, 6.07) is 7.65. The number of hydrogen-bond donors (Lipinski definition) is 0. The van der Waals surface area contributed by atoms with Crippen LogP contribution in [0.4, 0.5) is 0 Å². The predicted octanol–water partition coefficient (Wildman–Crippen LogP) is 1.96. The lowest BCUT2D eigenvalue weighted by Crippen LogP contribution is -2.45. The van der Waals surface area contributed by atoms with Gasteiger partial charge in [-0.3, -0.25) is 19.3 Å². The van der Waals surface area contributed by atoms with Gasteiger partial charge in [0.15, 0.2) is 0 Å². The lowest BCUT2D eigenvalue weighted by Gasteiger charge is -2.33. The van der Waals surface area contributed by atoms with Crippen molar-refractivity contribution in [3.05, 3.63) is 35.4 Å². The monoisotopic (exact) mass is 385 g/mol. The highest BCUT2D eigenvalue weighted by molar-refractivity contribution is 6.11. The van der Waals surface area contributed by atoms with Crippen molar-refractivity contribution in [2.75, 3.05) is 40.3 Å². The predicted molar refractivity (Wildman–Crippen MR) is 108 cm³/mol. The molecule has 2 heterocycles. The molecular formula is C22H31N3O3. The number of rotatable bonds is 6. The van der Waals surface area contributed by atoms with E-state index in [1.807, 2.05) is 55.1 Å². The summed E-state index contributed by atoms with van der Waals surface area (Å²) in [5, 5.41) is 0. The van der Waals surface area contributed by atoms with Crippen molar-refractivity contribution < 1.29 is 14.4 Å². The van der Waals surface area contributed by atoms with Crippen molar-refractivity contribution in [2.24, 2.45) is 0 Å². The highest BCUT2D eigenvalue weighted by atomic mass is 16.2. The minimum absolute atomic E-state index is 0.0152. The lowest BCUT2D eigenvalue weighted by atomic mass is 9.73. The van der Waals surface area contributed by atoms with E-state index in [0.29, 0.717) is 13.1 Å². The molecule has 2 saturated heterocycles. The average Bonchev–Trinajstić information content (AvgIpc) is 2.91. The van der Waals surface area contributed by atoms with Gasteiger partial charge in [-0.1, -0.05) is 24.3 Å². The Hall–Kier alpha value is -2.21. The number of carbonyl (C=O) groups is 3. The molecule has 152 valence electrons. The zero-order valence-electron chi connectivity index (χ0n) is 17.2. The first-order valence-corrected chi connectivity index (χ1v) is 10.2. The first-order chi connectivity index (χ1) is 13.3. The quantitative estimate of drug-likeness (QED) is 0.703. The van der Waals surface area contributed by atoms with Crippen molar-refractivity contribution in [3.8, 4) is 0 Å². The molecule has 3 amide bonds. The molecule has 0 aromatic heterocycles. The second-order valence-corrected chi connectivity index (χ2v) is 8.35. The summed E-state index contributed by atoms with van der Waals surface area (Å²) in [6.07, 6.45) is 3.29. The number of carbonyl (C=O) groups excluding carboxylic acids is 3. The summed E-state index contributed by atoms with van der Waals surface area (Å²) in [5.74, 6) is -0.417. The molecule has 2 fully saturated rings. The van der Waals surface area contributed by atoms with E-state index in [1.54, 1.807) is 0 Å². The number of piperidine rings is 1. The second-order valence-electron chi connectivity index (χ2n) is 8.35. The van der Waals surface area contributed by atoms with Gasteiger partial charge in [-0.15, -0.1) is 0 Å². The van der Waals surface area contributed by atoms with Crippen molar-refractivity contribution >= 4 is 17.7 Å². The number of nitrogens with zero attached hydrogens (tertiary/aromatic N) is 3. The molecule has 2 aliphatic rings. The lowest BCUT2D eigenvalue weighted by molar-refractivity contribution is -0.143. The molecule has 1 aromatic rings. The molecule has 1 aromatic carbocycles. The van der Waals surface area contributed by atoms with E-state index in [-0.39, 0.29) is 30.6 Å². The molecule has 0 aliphatic carbocycles. The maximum absolute atomic E-state index is 13.5. The molecule has 0 saturated carbocycles. The number of likely N-dealkylation sites (N-methyl/N-ethyl adjacent to an activating group) is 1. The molecule has 0 spiro atoms. The van der Waals surface area contributed by atoms with Crippen LogP contribution >= 0.6 is 0 Å². The van der Waals surface area contributed by atoms with Gasteiger partial charge in [-0.25, -0.2) is 0 Å². The molecule has 0 N–H and O–H groups in total. The summed E-state index contributed by atoms with van der Waals surface area (Å²) in [5.41, 5.74) is 0.680. The molecule has 1 atom stereocenters. The summed E-state index contributed by atoms with van der Waals surface area (Å²) in [6.45, 7) is 4.41. The van der Waals surface area contributed by atoms with Gasteiger partial charge in [0, 0.05) is 39.0 Å². The number of imide groups is 1. The van der Waals surface area contributed by atoms with Gasteiger partial charge in [-0.2, -0.15) is 0 Å². The van der Waals surface area contributed by atoms with Crippen LogP contribution in [0.2, 0.25) is 0 Å². The van der Waals surface area contributed by atoms with Crippen LogP contribution in [-0.4, -0.2) is 72.7 Å². The average molecular weight is 386 g/mol. The Morgan fingerprint density at radius 1 is 1.11 bits per heavy atom. The summed E-state index contributed by atoms with van der Waals surface area (Å²) >= 11 is 0. The number of likely N-dealkylation sites (tertiary alicyclic amines) is 2. The third-order valence-corrected chi connectivity index (χ3v) is 6.00. The second kappa shape index (κ2) is 8.43. The molecule has 0 radical (unpaired) electrons. The molecule has 3 rings (SSSR count). The Morgan fingerprint density at radius 2 is 1.79 bits per heavy atom. The van der Waals surface area contributed by atoms with Crippen LogP contribution < -0.4 is 0 Å². The van der Waals surface area contributed by atoms with E-state index < -0.39 is 5.41 Å². The van der Waals surface area contributed by atoms with Gasteiger partial charge < -0.3 is 9.80 Å². The molecule has 0 bridgehead atoms. The van der Waals surface area contributed by atoms with Crippen molar-refractivity contribution in [2.45, 2.75) is 44.4 Å². The fourth-order valence-corrected chi connectivity index (χ4v) is 4.39. The van der Waals surface area contributed by atoms with Crippen molar-refractivity contribution in [1.82, 2.24) is 14.7 Å². The van der Waals surface area contributed by atoms with Gasteiger partial charge in [0.05, 0.1) is 5.41 Å². The Kier molecular flexibility index (Phi) is 6.18. The zero-order valence-corrected chi connectivity index (χ0v) is 17.2. The Balaban J connectivity index is 1.94. The molecule has 28 heavy (non-hydrogen) atoms. The van der Waals surface area contributed by atoms with Crippen LogP contribution in [0.25, 0.3) is 0 Å². The van der Waals surface area contributed by atoms with E-state index in [2.05, 4.69) is 0 Å². The molecule has 0 unspecified atom stereocenters. The number of benzene rings is 1.